The van der Waals surface area contributed by atoms with E-state index in [0.717, 1.165) is 30.8 Å². The monoisotopic (exact) mass is 394 g/mol. The van der Waals surface area contributed by atoms with Gasteiger partial charge in [0.15, 0.2) is 0 Å². The van der Waals surface area contributed by atoms with Crippen molar-refractivity contribution in [3.05, 3.63) is 65.6 Å². The maximum atomic E-state index is 13.4. The molecule has 0 bridgehead atoms. The summed E-state index contributed by atoms with van der Waals surface area (Å²) in [4.78, 5) is 29.9. The molecule has 2 aromatic rings. The first kappa shape index (κ1) is 19.2. The van der Waals surface area contributed by atoms with Crippen molar-refractivity contribution >= 4 is 23.1 Å². The number of likely N-dealkylation sites (tertiary alicyclic amines) is 1. The molecule has 1 saturated heterocycles. The second kappa shape index (κ2) is 7.70. The van der Waals surface area contributed by atoms with E-state index in [2.05, 4.69) is 6.92 Å². The zero-order chi connectivity index (χ0) is 20.5. The van der Waals surface area contributed by atoms with Gasteiger partial charge >= 0.3 is 0 Å². The van der Waals surface area contributed by atoms with Crippen molar-refractivity contribution in [1.82, 2.24) is 4.90 Å². The molecule has 0 radical (unpaired) electrons. The topological polar surface area (TPSA) is 49.9 Å². The van der Waals surface area contributed by atoms with E-state index in [1.54, 1.807) is 31.4 Å². The Morgan fingerprint density at radius 3 is 2.14 bits per heavy atom. The molecule has 0 aliphatic carbocycles. The van der Waals surface area contributed by atoms with Gasteiger partial charge in [-0.1, -0.05) is 19.1 Å². The zero-order valence-electron chi connectivity index (χ0n) is 16.5. The normalized spacial score (nSPS) is 18.0. The van der Waals surface area contributed by atoms with Crippen molar-refractivity contribution in [1.29, 1.82) is 0 Å². The summed E-state index contributed by atoms with van der Waals surface area (Å²) in [6.45, 7) is 3.65. The molecule has 0 aromatic heterocycles. The first-order valence-electron chi connectivity index (χ1n) is 9.77. The Morgan fingerprint density at radius 1 is 0.931 bits per heavy atom. The number of anilines is 1. The lowest BCUT2D eigenvalue weighted by Gasteiger charge is -2.32. The Balaban J connectivity index is 1.78. The Morgan fingerprint density at radius 2 is 1.55 bits per heavy atom. The molecule has 5 nitrogen and oxygen atoms in total. The summed E-state index contributed by atoms with van der Waals surface area (Å²) in [7, 11) is 1.58. The SMILES string of the molecule is COc1ccc(C2=C(N3CCC(C)CC3)C(=O)N(c3ccc(F)cc3)C2=O)cc1. The van der Waals surface area contributed by atoms with Crippen LogP contribution in [0.3, 0.4) is 0 Å². The Bertz CT molecular complexity index is 959. The van der Waals surface area contributed by atoms with Gasteiger partial charge in [0.05, 0.1) is 18.4 Å². The van der Waals surface area contributed by atoms with Crippen LogP contribution < -0.4 is 9.64 Å². The summed E-state index contributed by atoms with van der Waals surface area (Å²) >= 11 is 0. The molecule has 2 aliphatic heterocycles. The van der Waals surface area contributed by atoms with E-state index in [-0.39, 0.29) is 11.8 Å². The molecule has 29 heavy (non-hydrogen) atoms. The number of piperidine rings is 1. The molecule has 0 saturated carbocycles. The highest BCUT2D eigenvalue weighted by Gasteiger charge is 2.42. The summed E-state index contributed by atoms with van der Waals surface area (Å²) in [5.41, 5.74) is 1.85. The molecule has 150 valence electrons. The van der Waals surface area contributed by atoms with Crippen LogP contribution in [0.1, 0.15) is 25.3 Å². The lowest BCUT2D eigenvalue weighted by molar-refractivity contribution is -0.120. The summed E-state index contributed by atoms with van der Waals surface area (Å²) in [6.07, 6.45) is 1.94. The van der Waals surface area contributed by atoms with Gasteiger partial charge in [0, 0.05) is 13.1 Å². The maximum Gasteiger partial charge on any atom is 0.282 e. The summed E-state index contributed by atoms with van der Waals surface area (Å²) in [5, 5.41) is 0. The number of ether oxygens (including phenoxy) is 1. The van der Waals surface area contributed by atoms with Crippen LogP contribution in [0.2, 0.25) is 0 Å². The van der Waals surface area contributed by atoms with Crippen molar-refractivity contribution in [2.24, 2.45) is 5.92 Å². The van der Waals surface area contributed by atoms with Crippen LogP contribution in [0, 0.1) is 11.7 Å². The van der Waals surface area contributed by atoms with Gasteiger partial charge in [-0.25, -0.2) is 9.29 Å². The molecule has 1 fully saturated rings. The van der Waals surface area contributed by atoms with Gasteiger partial charge in [-0.3, -0.25) is 9.59 Å². The number of halogens is 1. The van der Waals surface area contributed by atoms with E-state index in [1.807, 2.05) is 4.90 Å². The Hall–Kier alpha value is -3.15. The third kappa shape index (κ3) is 3.50. The summed E-state index contributed by atoms with van der Waals surface area (Å²) in [6, 6.07) is 12.6. The van der Waals surface area contributed by atoms with Crippen LogP contribution in [0.5, 0.6) is 5.75 Å². The van der Waals surface area contributed by atoms with Crippen LogP contribution >= 0.6 is 0 Å². The number of amides is 2. The molecule has 2 heterocycles. The van der Waals surface area contributed by atoms with Crippen LogP contribution in [-0.4, -0.2) is 36.9 Å². The summed E-state index contributed by atoms with van der Waals surface area (Å²) in [5.74, 6) is 0.107. The molecule has 2 amide bonds. The van der Waals surface area contributed by atoms with Gasteiger partial charge in [-0.05, 0) is 60.7 Å². The number of hydrogen-bond acceptors (Lipinski definition) is 4. The van der Waals surface area contributed by atoms with E-state index < -0.39 is 5.82 Å². The lowest BCUT2D eigenvalue weighted by atomic mass is 9.97. The van der Waals surface area contributed by atoms with Crippen molar-refractivity contribution in [3.63, 3.8) is 0 Å². The number of carbonyl (C=O) groups excluding carboxylic acids is 2. The number of hydrogen-bond donors (Lipinski definition) is 0. The minimum Gasteiger partial charge on any atom is -0.497 e. The zero-order valence-corrected chi connectivity index (χ0v) is 16.5. The highest BCUT2D eigenvalue weighted by Crippen LogP contribution is 2.36. The number of methoxy groups -OCH3 is 1. The molecule has 2 aliphatic rings. The minimum absolute atomic E-state index is 0.359. The predicted octanol–water partition coefficient (Wildman–Crippen LogP) is 3.85. The molecule has 4 rings (SSSR count). The van der Waals surface area contributed by atoms with Gasteiger partial charge in [-0.2, -0.15) is 0 Å². The van der Waals surface area contributed by atoms with Crippen LogP contribution in [0.15, 0.2) is 54.2 Å². The standard InChI is InChI=1S/C23H23FN2O3/c1-15-11-13-25(14-12-15)21-20(16-3-9-19(29-2)10-4-16)22(27)26(23(21)28)18-7-5-17(24)6-8-18/h3-10,15H,11-14H2,1-2H3. The van der Waals surface area contributed by atoms with E-state index in [1.165, 1.54) is 24.3 Å². The highest BCUT2D eigenvalue weighted by molar-refractivity contribution is 6.45. The Kier molecular flexibility index (Phi) is 5.09. The smallest absolute Gasteiger partial charge is 0.282 e. The van der Waals surface area contributed by atoms with E-state index in [0.29, 0.717) is 34.2 Å². The van der Waals surface area contributed by atoms with Gasteiger partial charge < -0.3 is 9.64 Å². The second-order valence-electron chi connectivity index (χ2n) is 7.54. The molecule has 0 atom stereocenters. The van der Waals surface area contributed by atoms with E-state index in [4.69, 9.17) is 4.74 Å². The number of benzene rings is 2. The molecule has 2 aromatic carbocycles. The van der Waals surface area contributed by atoms with Crippen molar-refractivity contribution in [2.45, 2.75) is 19.8 Å². The fraction of sp³-hybridized carbons (Fsp3) is 0.304. The lowest BCUT2D eigenvalue weighted by Crippen LogP contribution is -2.38. The van der Waals surface area contributed by atoms with Gasteiger partial charge in [0.1, 0.15) is 17.3 Å². The van der Waals surface area contributed by atoms with E-state index >= 15 is 0 Å². The number of rotatable bonds is 4. The second-order valence-corrected chi connectivity index (χ2v) is 7.54. The molecular formula is C23H23FN2O3. The summed E-state index contributed by atoms with van der Waals surface area (Å²) < 4.78 is 18.6. The minimum atomic E-state index is -0.415. The average molecular weight is 394 g/mol. The molecular weight excluding hydrogens is 371 g/mol. The predicted molar refractivity (Wildman–Crippen MR) is 109 cm³/mol. The van der Waals surface area contributed by atoms with Crippen molar-refractivity contribution in [2.75, 3.05) is 25.1 Å². The van der Waals surface area contributed by atoms with Crippen LogP contribution in [0.4, 0.5) is 10.1 Å². The maximum absolute atomic E-state index is 13.4. The number of nitrogens with zero attached hydrogens (tertiary/aromatic N) is 2. The highest BCUT2D eigenvalue weighted by atomic mass is 19.1. The van der Waals surface area contributed by atoms with Crippen LogP contribution in [-0.2, 0) is 9.59 Å². The molecule has 0 spiro atoms. The van der Waals surface area contributed by atoms with Gasteiger partial charge in [0.25, 0.3) is 11.8 Å². The number of imide groups is 1. The van der Waals surface area contributed by atoms with Crippen molar-refractivity contribution < 1.29 is 18.7 Å². The quantitative estimate of drug-likeness (QED) is 0.739. The first-order chi connectivity index (χ1) is 14.0. The third-order valence-corrected chi connectivity index (χ3v) is 5.62. The van der Waals surface area contributed by atoms with Gasteiger partial charge in [-0.15, -0.1) is 0 Å². The fourth-order valence-corrected chi connectivity index (χ4v) is 3.89. The third-order valence-electron chi connectivity index (χ3n) is 5.62. The molecule has 0 N–H and O–H groups in total. The van der Waals surface area contributed by atoms with Crippen LogP contribution in [0.25, 0.3) is 5.57 Å². The molecule has 0 unspecified atom stereocenters. The average Bonchev–Trinajstić information content (AvgIpc) is 3.00. The fourth-order valence-electron chi connectivity index (χ4n) is 3.89. The van der Waals surface area contributed by atoms with Crippen molar-refractivity contribution in [3.8, 4) is 5.75 Å². The van der Waals surface area contributed by atoms with Gasteiger partial charge in [0.2, 0.25) is 0 Å². The largest absolute Gasteiger partial charge is 0.497 e. The van der Waals surface area contributed by atoms with E-state index in [9.17, 15) is 14.0 Å². The number of carbonyl (C=O) groups is 2. The Labute approximate surface area is 169 Å². The molecule has 6 heteroatoms. The first-order valence-corrected chi connectivity index (χ1v) is 9.77.